The largest absolute Gasteiger partial charge is 0.467 e. The van der Waals surface area contributed by atoms with E-state index in [1.807, 2.05) is 0 Å². The van der Waals surface area contributed by atoms with Gasteiger partial charge >= 0.3 is 14.2 Å². The summed E-state index contributed by atoms with van der Waals surface area (Å²) >= 11 is 0. The zero-order valence-electron chi connectivity index (χ0n) is 8.20. The maximum Gasteiger partial charge on any atom is 0.332 e. The highest BCUT2D eigenvalue weighted by Crippen LogP contribution is 2.12. The fourth-order valence-electron chi connectivity index (χ4n) is 0.180. The van der Waals surface area contributed by atoms with Gasteiger partial charge in [-0.3, -0.25) is 9.09 Å². The SMILES string of the molecule is CCCC.COC(=O)CO[PH](=O)O. The van der Waals surface area contributed by atoms with Gasteiger partial charge in [0.15, 0.2) is 6.61 Å². The Morgan fingerprint density at radius 3 is 2.08 bits per heavy atom. The van der Waals surface area contributed by atoms with Crippen LogP contribution in [0.2, 0.25) is 0 Å². The lowest BCUT2D eigenvalue weighted by Gasteiger charge is -1.95. The monoisotopic (exact) mass is 212 g/mol. The number of esters is 1. The quantitative estimate of drug-likeness (QED) is 0.562. The summed E-state index contributed by atoms with van der Waals surface area (Å²) in [5.74, 6) is -0.664. The summed E-state index contributed by atoms with van der Waals surface area (Å²) in [5.41, 5.74) is 0. The number of methoxy groups -OCH3 is 1. The van der Waals surface area contributed by atoms with Gasteiger partial charge in [0.05, 0.1) is 7.11 Å². The van der Waals surface area contributed by atoms with Crippen LogP contribution in [0.4, 0.5) is 0 Å². The van der Waals surface area contributed by atoms with Crippen LogP contribution < -0.4 is 0 Å². The third-order valence-corrected chi connectivity index (χ3v) is 1.43. The van der Waals surface area contributed by atoms with Crippen LogP contribution in [0.3, 0.4) is 0 Å². The fraction of sp³-hybridized carbons (Fsp3) is 0.857. The van der Waals surface area contributed by atoms with Crippen molar-refractivity contribution >= 4 is 14.2 Å². The summed E-state index contributed by atoms with van der Waals surface area (Å²) in [6, 6.07) is 0. The van der Waals surface area contributed by atoms with E-state index in [1.54, 1.807) is 0 Å². The number of unbranched alkanes of at least 4 members (excludes halogenated alkanes) is 1. The van der Waals surface area contributed by atoms with E-state index in [9.17, 15) is 9.36 Å². The van der Waals surface area contributed by atoms with Crippen molar-refractivity contribution in [1.29, 1.82) is 0 Å². The standard InChI is InChI=1S/C4H10.C3H7O5P/c1-3-4-2;1-7-3(4)2-8-9(5)6/h3-4H2,1-2H3;9H,2H2,1H3,(H,5,6). The van der Waals surface area contributed by atoms with Gasteiger partial charge in [-0.15, -0.1) is 0 Å². The molecule has 0 rings (SSSR count). The molecule has 0 amide bonds. The topological polar surface area (TPSA) is 72.8 Å². The summed E-state index contributed by atoms with van der Waals surface area (Å²) in [7, 11) is -1.82. The first-order valence-electron chi connectivity index (χ1n) is 4.00. The molecule has 0 aliphatic heterocycles. The molecule has 0 aromatic carbocycles. The molecule has 5 nitrogen and oxygen atoms in total. The molecule has 0 aliphatic carbocycles. The Morgan fingerprint density at radius 2 is 1.85 bits per heavy atom. The van der Waals surface area contributed by atoms with Crippen molar-refractivity contribution in [1.82, 2.24) is 0 Å². The highest BCUT2D eigenvalue weighted by atomic mass is 31.1. The Hall–Kier alpha value is -0.380. The predicted molar refractivity (Wildman–Crippen MR) is 49.8 cm³/mol. The second-order valence-electron chi connectivity index (χ2n) is 2.13. The summed E-state index contributed by atoms with van der Waals surface area (Å²) < 4.78 is 17.9. The molecule has 1 N–H and O–H groups in total. The lowest BCUT2D eigenvalue weighted by atomic mass is 10.4. The summed E-state index contributed by atoms with van der Waals surface area (Å²) in [5, 5.41) is 0. The number of carbonyl (C=O) groups is 1. The number of ether oxygens (including phenoxy) is 1. The summed E-state index contributed by atoms with van der Waals surface area (Å²) in [6.45, 7) is 3.89. The van der Waals surface area contributed by atoms with Crippen LogP contribution in [0.15, 0.2) is 0 Å². The molecule has 6 heteroatoms. The summed E-state index contributed by atoms with van der Waals surface area (Å²) in [4.78, 5) is 18.1. The van der Waals surface area contributed by atoms with Crippen LogP contribution in [0.1, 0.15) is 26.7 Å². The maximum atomic E-state index is 10.1. The highest BCUT2D eigenvalue weighted by Gasteiger charge is 2.00. The molecule has 0 fully saturated rings. The van der Waals surface area contributed by atoms with Crippen molar-refractivity contribution in [2.24, 2.45) is 0 Å². The van der Waals surface area contributed by atoms with E-state index in [4.69, 9.17) is 4.89 Å². The third-order valence-electron chi connectivity index (χ3n) is 1.04. The van der Waals surface area contributed by atoms with Gasteiger partial charge < -0.3 is 9.63 Å². The normalized spacial score (nSPS) is 11.1. The Labute approximate surface area is 79.0 Å². The van der Waals surface area contributed by atoms with E-state index in [0.717, 1.165) is 0 Å². The maximum absolute atomic E-state index is 10.1. The second-order valence-corrected chi connectivity index (χ2v) is 2.95. The molecule has 0 saturated carbocycles. The number of carbonyl (C=O) groups excluding carboxylic acids is 1. The zero-order valence-corrected chi connectivity index (χ0v) is 9.20. The minimum atomic E-state index is -2.99. The molecule has 0 aromatic rings. The van der Waals surface area contributed by atoms with E-state index in [2.05, 4.69) is 23.1 Å². The molecule has 1 atom stereocenters. The van der Waals surface area contributed by atoms with Gasteiger partial charge in [-0.2, -0.15) is 0 Å². The lowest BCUT2D eigenvalue weighted by molar-refractivity contribution is -0.143. The van der Waals surface area contributed by atoms with Crippen molar-refractivity contribution in [3.63, 3.8) is 0 Å². The van der Waals surface area contributed by atoms with Crippen LogP contribution in [-0.4, -0.2) is 24.6 Å². The van der Waals surface area contributed by atoms with Crippen LogP contribution in [0, 0.1) is 0 Å². The van der Waals surface area contributed by atoms with Crippen molar-refractivity contribution in [3.05, 3.63) is 0 Å². The molecule has 0 aromatic heterocycles. The van der Waals surface area contributed by atoms with Crippen LogP contribution in [0.25, 0.3) is 0 Å². The molecular weight excluding hydrogens is 195 g/mol. The van der Waals surface area contributed by atoms with E-state index in [0.29, 0.717) is 0 Å². The van der Waals surface area contributed by atoms with E-state index in [1.165, 1.54) is 20.0 Å². The zero-order chi connectivity index (χ0) is 10.7. The minimum Gasteiger partial charge on any atom is -0.467 e. The Morgan fingerprint density at radius 1 is 1.38 bits per heavy atom. The van der Waals surface area contributed by atoms with E-state index < -0.39 is 20.8 Å². The molecule has 0 aliphatic rings. The van der Waals surface area contributed by atoms with Crippen LogP contribution in [-0.2, 0) is 18.6 Å². The molecule has 0 heterocycles. The predicted octanol–water partition coefficient (Wildman–Crippen LogP) is 1.36. The average molecular weight is 212 g/mol. The van der Waals surface area contributed by atoms with Gasteiger partial charge in [0.25, 0.3) is 0 Å². The van der Waals surface area contributed by atoms with Gasteiger partial charge in [0, 0.05) is 0 Å². The number of rotatable bonds is 4. The van der Waals surface area contributed by atoms with Crippen molar-refractivity contribution < 1.29 is 23.5 Å². The van der Waals surface area contributed by atoms with Crippen LogP contribution in [0.5, 0.6) is 0 Å². The van der Waals surface area contributed by atoms with Crippen molar-refractivity contribution in [2.45, 2.75) is 26.7 Å². The van der Waals surface area contributed by atoms with Crippen LogP contribution >= 0.6 is 8.25 Å². The molecule has 0 bridgehead atoms. The smallest absolute Gasteiger partial charge is 0.332 e. The lowest BCUT2D eigenvalue weighted by Crippen LogP contribution is -2.06. The second kappa shape index (κ2) is 11.6. The first-order valence-corrected chi connectivity index (χ1v) is 5.27. The molecule has 0 saturated heterocycles. The molecule has 0 spiro atoms. The molecule has 80 valence electrons. The molecular formula is C7H17O5P. The van der Waals surface area contributed by atoms with Gasteiger partial charge in [-0.1, -0.05) is 26.7 Å². The van der Waals surface area contributed by atoms with Gasteiger partial charge in [-0.05, 0) is 0 Å². The van der Waals surface area contributed by atoms with Gasteiger partial charge in [0.2, 0.25) is 0 Å². The molecule has 0 radical (unpaired) electrons. The van der Waals surface area contributed by atoms with Gasteiger partial charge in [0.1, 0.15) is 0 Å². The number of hydrogen-bond donors (Lipinski definition) is 1. The number of hydrogen-bond acceptors (Lipinski definition) is 4. The molecule has 1 unspecified atom stereocenters. The summed E-state index contributed by atoms with van der Waals surface area (Å²) in [6.07, 6.45) is 2.64. The highest BCUT2D eigenvalue weighted by molar-refractivity contribution is 7.32. The Balaban J connectivity index is 0. The van der Waals surface area contributed by atoms with Gasteiger partial charge in [-0.25, -0.2) is 4.79 Å². The Kier molecular flexibility index (Phi) is 13.5. The average Bonchev–Trinajstić information content (AvgIpc) is 2.14. The minimum absolute atomic E-state index is 0.467. The van der Waals surface area contributed by atoms with E-state index >= 15 is 0 Å². The first-order chi connectivity index (χ1) is 6.08. The Bertz CT molecular complexity index is 146. The first kappa shape index (κ1) is 15.1. The van der Waals surface area contributed by atoms with Crippen molar-refractivity contribution in [3.8, 4) is 0 Å². The van der Waals surface area contributed by atoms with Crippen molar-refractivity contribution in [2.75, 3.05) is 13.7 Å². The fourth-order valence-corrected chi connectivity index (χ4v) is 0.421. The third kappa shape index (κ3) is 18.5. The molecule has 13 heavy (non-hydrogen) atoms. The van der Waals surface area contributed by atoms with E-state index in [-0.39, 0.29) is 0 Å².